The minimum absolute atomic E-state index is 0.0657. The number of likely N-dealkylation sites (tertiary alicyclic amines) is 1. The zero-order valence-corrected chi connectivity index (χ0v) is 19.0. The molecular weight excluding hydrogens is 424 g/mol. The molecule has 0 spiro atoms. The number of rotatable bonds is 7. The van der Waals surface area contributed by atoms with Gasteiger partial charge < -0.3 is 19.6 Å². The Hall–Kier alpha value is -2.35. The van der Waals surface area contributed by atoms with Crippen molar-refractivity contribution < 1.29 is 19.4 Å². The summed E-state index contributed by atoms with van der Waals surface area (Å²) in [5.41, 5.74) is 1.32. The molecule has 1 aromatic heterocycles. The Labute approximate surface area is 185 Å². The lowest BCUT2D eigenvalue weighted by atomic mass is 9.98. The van der Waals surface area contributed by atoms with Gasteiger partial charge in [0.2, 0.25) is 0 Å². The Balaban J connectivity index is 2.15. The van der Waals surface area contributed by atoms with E-state index in [0.29, 0.717) is 23.7 Å². The van der Waals surface area contributed by atoms with E-state index in [1.54, 1.807) is 17.0 Å². The van der Waals surface area contributed by atoms with Gasteiger partial charge in [0.25, 0.3) is 11.7 Å². The number of thiophene rings is 1. The molecule has 3 rings (SSSR count). The van der Waals surface area contributed by atoms with E-state index in [0.717, 1.165) is 17.0 Å². The summed E-state index contributed by atoms with van der Waals surface area (Å²) in [6.07, 6.45) is 0.710. The Kier molecular flexibility index (Phi) is 6.85. The van der Waals surface area contributed by atoms with E-state index in [1.165, 1.54) is 24.5 Å². The minimum Gasteiger partial charge on any atom is -0.507 e. The summed E-state index contributed by atoms with van der Waals surface area (Å²) in [7, 11) is 5.39. The van der Waals surface area contributed by atoms with Crippen LogP contribution < -0.4 is 4.74 Å². The molecule has 30 heavy (non-hydrogen) atoms. The van der Waals surface area contributed by atoms with Crippen molar-refractivity contribution in [2.24, 2.45) is 0 Å². The summed E-state index contributed by atoms with van der Waals surface area (Å²) < 4.78 is 5.35. The zero-order chi connectivity index (χ0) is 22.0. The molecule has 1 aliphatic heterocycles. The van der Waals surface area contributed by atoms with Crippen molar-refractivity contribution in [1.29, 1.82) is 0 Å². The van der Waals surface area contributed by atoms with E-state index >= 15 is 0 Å². The van der Waals surface area contributed by atoms with Crippen LogP contribution in [0.3, 0.4) is 0 Å². The van der Waals surface area contributed by atoms with Crippen molar-refractivity contribution in [1.82, 2.24) is 9.80 Å². The van der Waals surface area contributed by atoms with E-state index in [9.17, 15) is 14.7 Å². The number of benzene rings is 1. The van der Waals surface area contributed by atoms with Crippen LogP contribution in [0.25, 0.3) is 5.76 Å². The number of carbonyl (C=O) groups excluding carboxylic acids is 2. The van der Waals surface area contributed by atoms with Crippen LogP contribution in [0.4, 0.5) is 0 Å². The number of aliphatic hydroxyl groups excluding tert-OH is 1. The average molecular weight is 449 g/mol. The number of hydrogen-bond donors (Lipinski definition) is 1. The molecule has 1 unspecified atom stereocenters. The van der Waals surface area contributed by atoms with Crippen LogP contribution in [0, 0.1) is 6.92 Å². The maximum absolute atomic E-state index is 13.0. The predicted molar refractivity (Wildman–Crippen MR) is 119 cm³/mol. The molecule has 1 saturated heterocycles. The van der Waals surface area contributed by atoms with E-state index in [4.69, 9.17) is 16.3 Å². The van der Waals surface area contributed by atoms with Gasteiger partial charge in [-0.2, -0.15) is 0 Å². The molecule has 1 atom stereocenters. The van der Waals surface area contributed by atoms with Crippen molar-refractivity contribution in [2.75, 3.05) is 34.3 Å². The number of ketones is 1. The first-order valence-electron chi connectivity index (χ1n) is 9.57. The monoisotopic (exact) mass is 448 g/mol. The summed E-state index contributed by atoms with van der Waals surface area (Å²) in [4.78, 5) is 30.4. The van der Waals surface area contributed by atoms with Gasteiger partial charge in [0.15, 0.2) is 0 Å². The van der Waals surface area contributed by atoms with Gasteiger partial charge >= 0.3 is 0 Å². The first-order chi connectivity index (χ1) is 14.3. The molecule has 160 valence electrons. The SMILES string of the molecule is COc1ccc(Cl)cc1/C(O)=C1\C(=O)C(=O)N(CCCN(C)C)C1c1sccc1C. The molecule has 1 fully saturated rings. The Morgan fingerprint density at radius 3 is 2.63 bits per heavy atom. The fourth-order valence-corrected chi connectivity index (χ4v) is 4.83. The minimum atomic E-state index is -0.697. The smallest absolute Gasteiger partial charge is 0.295 e. The van der Waals surface area contributed by atoms with Crippen LogP contribution in [0.1, 0.15) is 28.5 Å². The molecule has 0 bridgehead atoms. The topological polar surface area (TPSA) is 70.1 Å². The third kappa shape index (κ3) is 4.24. The second-order valence-corrected chi connectivity index (χ2v) is 8.85. The molecule has 1 N–H and O–H groups in total. The molecular formula is C22H25ClN2O4S. The van der Waals surface area contributed by atoms with E-state index in [-0.39, 0.29) is 16.9 Å². The van der Waals surface area contributed by atoms with Gasteiger partial charge in [0, 0.05) is 16.4 Å². The standard InChI is InChI=1S/C22H25ClN2O4S/c1-13-8-11-30-21(13)18-17(19(26)15-12-14(23)6-7-16(15)29-4)20(27)22(28)25(18)10-5-9-24(2)3/h6-8,11-12,18,26H,5,9-10H2,1-4H3/b19-17+. The number of methoxy groups -OCH3 is 1. The molecule has 0 aliphatic carbocycles. The summed E-state index contributed by atoms with van der Waals surface area (Å²) in [6.45, 7) is 3.13. The molecule has 1 aromatic carbocycles. The normalized spacial score (nSPS) is 18.5. The first-order valence-corrected chi connectivity index (χ1v) is 10.8. The lowest BCUT2D eigenvalue weighted by Gasteiger charge is -2.25. The Bertz CT molecular complexity index is 999. The fraction of sp³-hybridized carbons (Fsp3) is 0.364. The highest BCUT2D eigenvalue weighted by molar-refractivity contribution is 7.10. The van der Waals surface area contributed by atoms with Gasteiger partial charge in [-0.1, -0.05) is 11.6 Å². The maximum atomic E-state index is 13.0. The quantitative estimate of drug-likeness (QED) is 0.392. The molecule has 2 heterocycles. The maximum Gasteiger partial charge on any atom is 0.295 e. The van der Waals surface area contributed by atoms with Crippen molar-refractivity contribution >= 4 is 40.4 Å². The van der Waals surface area contributed by atoms with Gasteiger partial charge in [-0.3, -0.25) is 9.59 Å². The average Bonchev–Trinajstić information content (AvgIpc) is 3.23. The van der Waals surface area contributed by atoms with Crippen LogP contribution in [0.2, 0.25) is 5.02 Å². The number of aliphatic hydroxyl groups is 1. The molecule has 1 aliphatic rings. The number of carbonyl (C=O) groups is 2. The number of ether oxygens (including phenoxy) is 1. The van der Waals surface area contributed by atoms with Crippen LogP contribution in [-0.4, -0.2) is 60.9 Å². The fourth-order valence-electron chi connectivity index (χ4n) is 3.62. The highest BCUT2D eigenvalue weighted by Gasteiger charge is 2.47. The summed E-state index contributed by atoms with van der Waals surface area (Å²) in [5.74, 6) is -1.20. The predicted octanol–water partition coefficient (Wildman–Crippen LogP) is 4.09. The third-order valence-corrected chi connectivity index (χ3v) is 6.42. The summed E-state index contributed by atoms with van der Waals surface area (Å²) in [5, 5.41) is 13.5. The number of nitrogens with zero attached hydrogens (tertiary/aromatic N) is 2. The lowest BCUT2D eigenvalue weighted by molar-refractivity contribution is -0.139. The van der Waals surface area contributed by atoms with Crippen molar-refractivity contribution in [3.63, 3.8) is 0 Å². The van der Waals surface area contributed by atoms with Crippen LogP contribution in [0.5, 0.6) is 5.75 Å². The van der Waals surface area contributed by atoms with Gasteiger partial charge in [0.05, 0.1) is 24.3 Å². The van der Waals surface area contributed by atoms with E-state index in [2.05, 4.69) is 0 Å². The summed E-state index contributed by atoms with van der Waals surface area (Å²) in [6, 6.07) is 6.09. The van der Waals surface area contributed by atoms with Crippen molar-refractivity contribution in [3.05, 3.63) is 56.2 Å². The number of halogens is 1. The molecule has 2 aromatic rings. The highest BCUT2D eigenvalue weighted by Crippen LogP contribution is 2.43. The van der Waals surface area contributed by atoms with Crippen molar-refractivity contribution in [3.8, 4) is 5.75 Å². The number of amides is 1. The second-order valence-electron chi connectivity index (χ2n) is 7.46. The number of hydrogen-bond acceptors (Lipinski definition) is 6. The lowest BCUT2D eigenvalue weighted by Crippen LogP contribution is -2.32. The number of aryl methyl sites for hydroxylation is 1. The number of Topliss-reactive ketones (excluding diaryl/α,β-unsaturated/α-hetero) is 1. The first kappa shape index (κ1) is 22.3. The molecule has 6 nitrogen and oxygen atoms in total. The van der Waals surface area contributed by atoms with Gasteiger partial charge in [-0.15, -0.1) is 11.3 Å². The molecule has 1 amide bonds. The van der Waals surface area contributed by atoms with E-state index < -0.39 is 17.7 Å². The molecule has 0 radical (unpaired) electrons. The van der Waals surface area contributed by atoms with Gasteiger partial charge in [0.1, 0.15) is 11.5 Å². The molecule has 8 heteroatoms. The molecule has 0 saturated carbocycles. The van der Waals surface area contributed by atoms with Crippen LogP contribution in [0.15, 0.2) is 35.2 Å². The van der Waals surface area contributed by atoms with E-state index in [1.807, 2.05) is 37.4 Å². The third-order valence-electron chi connectivity index (χ3n) is 5.11. The second kappa shape index (κ2) is 9.20. The van der Waals surface area contributed by atoms with Crippen LogP contribution >= 0.6 is 22.9 Å². The van der Waals surface area contributed by atoms with Crippen LogP contribution in [-0.2, 0) is 9.59 Å². The summed E-state index contributed by atoms with van der Waals surface area (Å²) >= 11 is 7.59. The Morgan fingerprint density at radius 1 is 1.30 bits per heavy atom. The zero-order valence-electron chi connectivity index (χ0n) is 17.4. The van der Waals surface area contributed by atoms with Gasteiger partial charge in [-0.25, -0.2) is 0 Å². The largest absolute Gasteiger partial charge is 0.507 e. The van der Waals surface area contributed by atoms with Crippen molar-refractivity contribution in [2.45, 2.75) is 19.4 Å². The Morgan fingerprint density at radius 2 is 2.03 bits per heavy atom. The van der Waals surface area contributed by atoms with Gasteiger partial charge in [-0.05, 0) is 69.2 Å². The highest BCUT2D eigenvalue weighted by atomic mass is 35.5.